The summed E-state index contributed by atoms with van der Waals surface area (Å²) in [7, 11) is 0. The van der Waals surface area contributed by atoms with Crippen molar-refractivity contribution >= 4 is 11.8 Å². The second-order valence-corrected chi connectivity index (χ2v) is 9.12. The summed E-state index contributed by atoms with van der Waals surface area (Å²) < 4.78 is 21.2. The van der Waals surface area contributed by atoms with Crippen LogP contribution < -0.4 is 0 Å². The van der Waals surface area contributed by atoms with Crippen molar-refractivity contribution in [3.63, 3.8) is 0 Å². The van der Waals surface area contributed by atoms with Gasteiger partial charge in [0.1, 0.15) is 11.6 Å². The molecule has 0 bridgehead atoms. The van der Waals surface area contributed by atoms with Crippen LogP contribution in [0.3, 0.4) is 0 Å². The number of hydrogen-bond donors (Lipinski definition) is 0. The minimum Gasteiger partial charge on any atom is -0.454 e. The third kappa shape index (κ3) is 7.20. The number of hydrogen-bond acceptors (Lipinski definition) is 5. The number of aromatic nitrogens is 2. The molecule has 4 aromatic rings. The minimum atomic E-state index is -0.385. The zero-order valence-electron chi connectivity index (χ0n) is 21.8. The molecule has 2 amide bonds. The Labute approximate surface area is 226 Å². The number of rotatable bonds is 12. The molecule has 39 heavy (non-hydrogen) atoms. The van der Waals surface area contributed by atoms with Gasteiger partial charge in [0, 0.05) is 49.5 Å². The quantitative estimate of drug-likeness (QED) is 0.250. The number of nitriles is 1. The number of carbonyl (C=O) groups excluding carboxylic acids is 2. The lowest BCUT2D eigenvalue weighted by molar-refractivity contribution is 0.0709. The highest BCUT2D eigenvalue weighted by atomic mass is 19.1. The maximum Gasteiger partial charge on any atom is 0.289 e. The fourth-order valence-corrected chi connectivity index (χ4v) is 4.29. The summed E-state index contributed by atoms with van der Waals surface area (Å²) in [6, 6.07) is 18.6. The molecule has 3 aromatic heterocycles. The highest BCUT2D eigenvalue weighted by molar-refractivity contribution is 5.94. The second-order valence-electron chi connectivity index (χ2n) is 9.12. The van der Waals surface area contributed by atoms with E-state index in [2.05, 4.69) is 11.1 Å². The molecule has 0 aliphatic heterocycles. The lowest BCUT2D eigenvalue weighted by Crippen LogP contribution is -2.32. The van der Waals surface area contributed by atoms with Crippen LogP contribution in [0.2, 0.25) is 0 Å². The van der Waals surface area contributed by atoms with Gasteiger partial charge in [0.05, 0.1) is 25.6 Å². The molecule has 0 aliphatic rings. The predicted molar refractivity (Wildman–Crippen MR) is 143 cm³/mol. The van der Waals surface area contributed by atoms with Crippen LogP contribution in [0.15, 0.2) is 83.7 Å². The van der Waals surface area contributed by atoms with Crippen molar-refractivity contribution in [3.05, 3.63) is 113 Å². The summed E-state index contributed by atoms with van der Waals surface area (Å²) in [5.41, 5.74) is 2.19. The van der Waals surface area contributed by atoms with Gasteiger partial charge in [0.25, 0.3) is 11.8 Å². The molecule has 0 saturated carbocycles. The average Bonchev–Trinajstić information content (AvgIpc) is 3.61. The van der Waals surface area contributed by atoms with Gasteiger partial charge in [-0.1, -0.05) is 13.0 Å². The van der Waals surface area contributed by atoms with Gasteiger partial charge in [-0.2, -0.15) is 5.26 Å². The van der Waals surface area contributed by atoms with Crippen molar-refractivity contribution in [1.29, 1.82) is 5.26 Å². The van der Waals surface area contributed by atoms with Gasteiger partial charge < -0.3 is 18.8 Å². The van der Waals surface area contributed by atoms with Gasteiger partial charge in [0.15, 0.2) is 5.76 Å². The van der Waals surface area contributed by atoms with Crippen molar-refractivity contribution in [2.75, 3.05) is 13.1 Å². The molecule has 0 radical (unpaired) electrons. The van der Waals surface area contributed by atoms with Gasteiger partial charge >= 0.3 is 0 Å². The molecule has 0 atom stereocenters. The first-order valence-electron chi connectivity index (χ1n) is 12.8. The zero-order chi connectivity index (χ0) is 27.6. The Morgan fingerprint density at radius 2 is 1.79 bits per heavy atom. The maximum atomic E-state index is 13.3. The third-order valence-corrected chi connectivity index (χ3v) is 6.22. The number of halogens is 1. The first-order chi connectivity index (χ1) is 19.0. The van der Waals surface area contributed by atoms with Crippen LogP contribution in [-0.4, -0.2) is 44.3 Å². The van der Waals surface area contributed by atoms with Crippen molar-refractivity contribution in [2.24, 2.45) is 0 Å². The van der Waals surface area contributed by atoms with E-state index in [-0.39, 0.29) is 36.4 Å². The summed E-state index contributed by atoms with van der Waals surface area (Å²) in [5.74, 6) is -0.0679. The van der Waals surface area contributed by atoms with Crippen molar-refractivity contribution in [3.8, 4) is 6.07 Å². The summed E-state index contributed by atoms with van der Waals surface area (Å²) in [4.78, 5) is 33.7. The summed E-state index contributed by atoms with van der Waals surface area (Å²) in [6.45, 7) is 3.90. The molecule has 1 aromatic carbocycles. The number of furan rings is 1. The molecular formula is C30H30FN5O3. The SMILES string of the molecule is CCCN(Cc1cccn1Cc1ccc(C(=O)N(CCC#N)Cc2cccnc2)o1)C(=O)c1ccc(F)cc1. The Kier molecular flexibility index (Phi) is 9.25. The van der Waals surface area contributed by atoms with Crippen molar-refractivity contribution in [1.82, 2.24) is 19.4 Å². The van der Waals surface area contributed by atoms with Crippen LogP contribution in [0, 0.1) is 17.1 Å². The third-order valence-electron chi connectivity index (χ3n) is 6.22. The standard InChI is InChI=1S/C30H30FN5O3/c1-2-16-35(29(37)24-8-10-25(31)11-9-24)21-26-7-4-17-34(26)22-27-12-13-28(39-27)30(38)36(18-5-14-32)20-23-6-3-15-33-19-23/h3-4,6-13,15,17,19H,2,5,16,18,20-22H2,1H3. The van der Waals surface area contributed by atoms with Gasteiger partial charge in [-0.15, -0.1) is 0 Å². The lowest BCUT2D eigenvalue weighted by atomic mass is 10.2. The van der Waals surface area contributed by atoms with Crippen LogP contribution in [-0.2, 0) is 19.6 Å². The number of benzene rings is 1. The highest BCUT2D eigenvalue weighted by Crippen LogP contribution is 2.18. The number of pyridine rings is 1. The molecule has 0 saturated heterocycles. The molecule has 0 spiro atoms. The number of amides is 2. The second kappa shape index (κ2) is 13.2. The fourth-order valence-electron chi connectivity index (χ4n) is 4.29. The number of nitrogens with zero attached hydrogens (tertiary/aromatic N) is 5. The van der Waals surface area contributed by atoms with E-state index in [0.717, 1.165) is 17.7 Å². The van der Waals surface area contributed by atoms with Crippen LogP contribution in [0.1, 0.15) is 57.7 Å². The fraction of sp³-hybridized carbons (Fsp3) is 0.267. The molecule has 4 rings (SSSR count). The van der Waals surface area contributed by atoms with E-state index in [1.54, 1.807) is 40.4 Å². The van der Waals surface area contributed by atoms with Crippen molar-refractivity contribution in [2.45, 2.75) is 39.4 Å². The average molecular weight is 528 g/mol. The molecular weight excluding hydrogens is 497 g/mol. The van der Waals surface area contributed by atoms with E-state index >= 15 is 0 Å². The highest BCUT2D eigenvalue weighted by Gasteiger charge is 2.21. The van der Waals surface area contributed by atoms with Gasteiger partial charge in [-0.05, 0) is 66.6 Å². The largest absolute Gasteiger partial charge is 0.454 e. The molecule has 0 aliphatic carbocycles. The Bertz CT molecular complexity index is 1420. The molecule has 8 nitrogen and oxygen atoms in total. The topological polar surface area (TPSA) is 95.4 Å². The normalized spacial score (nSPS) is 10.7. The zero-order valence-corrected chi connectivity index (χ0v) is 21.8. The van der Waals surface area contributed by atoms with Crippen LogP contribution in [0.25, 0.3) is 0 Å². The Morgan fingerprint density at radius 3 is 2.51 bits per heavy atom. The monoisotopic (exact) mass is 527 g/mol. The van der Waals surface area contributed by atoms with Crippen molar-refractivity contribution < 1.29 is 18.4 Å². The van der Waals surface area contributed by atoms with E-state index in [4.69, 9.17) is 9.68 Å². The Balaban J connectivity index is 1.46. The van der Waals surface area contributed by atoms with Gasteiger partial charge in [0.2, 0.25) is 0 Å². The van der Waals surface area contributed by atoms with Crippen LogP contribution >= 0.6 is 0 Å². The lowest BCUT2D eigenvalue weighted by Gasteiger charge is -2.23. The maximum absolute atomic E-state index is 13.3. The number of carbonyl (C=O) groups is 2. The molecule has 0 N–H and O–H groups in total. The molecule has 200 valence electrons. The van der Waals surface area contributed by atoms with Gasteiger partial charge in [-0.25, -0.2) is 4.39 Å². The molecule has 3 heterocycles. The molecule has 9 heteroatoms. The van der Waals surface area contributed by atoms with E-state index in [0.29, 0.717) is 37.5 Å². The summed E-state index contributed by atoms with van der Waals surface area (Å²) in [5, 5.41) is 9.05. The first-order valence-corrected chi connectivity index (χ1v) is 12.8. The summed E-state index contributed by atoms with van der Waals surface area (Å²) in [6.07, 6.45) is 6.24. The minimum absolute atomic E-state index is 0.165. The van der Waals surface area contributed by atoms with E-state index in [1.807, 2.05) is 35.9 Å². The molecule has 0 unspecified atom stereocenters. The van der Waals surface area contributed by atoms with Crippen LogP contribution in [0.5, 0.6) is 0 Å². The molecule has 0 fully saturated rings. The van der Waals surface area contributed by atoms with E-state index in [9.17, 15) is 14.0 Å². The summed E-state index contributed by atoms with van der Waals surface area (Å²) >= 11 is 0. The van der Waals surface area contributed by atoms with E-state index < -0.39 is 0 Å². The Morgan fingerprint density at radius 1 is 1.00 bits per heavy atom. The van der Waals surface area contributed by atoms with Crippen LogP contribution in [0.4, 0.5) is 4.39 Å². The first kappa shape index (κ1) is 27.3. The smallest absolute Gasteiger partial charge is 0.289 e. The van der Waals surface area contributed by atoms with E-state index in [1.165, 1.54) is 24.3 Å². The van der Waals surface area contributed by atoms with Gasteiger partial charge in [-0.3, -0.25) is 14.6 Å². The predicted octanol–water partition coefficient (Wildman–Crippen LogP) is 5.27. The Hall–Kier alpha value is -4.71.